The van der Waals surface area contributed by atoms with Crippen LogP contribution in [0.1, 0.15) is 5.69 Å². The van der Waals surface area contributed by atoms with E-state index in [1.165, 1.54) is 6.07 Å². The molecule has 0 saturated carbocycles. The lowest BCUT2D eigenvalue weighted by atomic mass is 10.3. The molecule has 16 heavy (non-hydrogen) atoms. The van der Waals surface area contributed by atoms with E-state index in [-0.39, 0.29) is 5.56 Å². The third-order valence-electron chi connectivity index (χ3n) is 2.00. The maximum atomic E-state index is 11.2. The summed E-state index contributed by atoms with van der Waals surface area (Å²) in [6.07, 6.45) is 0. The minimum Gasteiger partial charge on any atom is -0.324 e. The van der Waals surface area contributed by atoms with Crippen molar-refractivity contribution in [1.29, 1.82) is 0 Å². The number of nitrogens with one attached hydrogen (secondary N) is 2. The summed E-state index contributed by atoms with van der Waals surface area (Å²) in [5, 5.41) is 3.53. The molecule has 0 amide bonds. The topological polar surface area (TPSA) is 57.8 Å². The summed E-state index contributed by atoms with van der Waals surface area (Å²) >= 11 is 5.97. The highest BCUT2D eigenvalue weighted by atomic mass is 35.5. The molecular weight excluding hydrogens is 226 g/mol. The number of aromatic nitrogens is 2. The van der Waals surface area contributed by atoms with Gasteiger partial charge in [0.05, 0.1) is 10.7 Å². The van der Waals surface area contributed by atoms with Gasteiger partial charge in [0, 0.05) is 11.8 Å². The maximum absolute atomic E-state index is 11.2. The van der Waals surface area contributed by atoms with Gasteiger partial charge in [-0.3, -0.25) is 9.78 Å². The monoisotopic (exact) mass is 235 g/mol. The number of anilines is 2. The number of hydrogen-bond acceptors (Lipinski definition) is 3. The van der Waals surface area contributed by atoms with E-state index in [9.17, 15) is 4.79 Å². The van der Waals surface area contributed by atoms with Gasteiger partial charge < -0.3 is 5.32 Å². The fraction of sp³-hybridized carbons (Fsp3) is 0.0909. The van der Waals surface area contributed by atoms with Crippen LogP contribution in [-0.2, 0) is 0 Å². The summed E-state index contributed by atoms with van der Waals surface area (Å²) in [4.78, 5) is 18.0. The molecule has 0 bridgehead atoms. The van der Waals surface area contributed by atoms with Crippen LogP contribution in [0.2, 0.25) is 5.02 Å². The molecule has 0 atom stereocenters. The summed E-state index contributed by atoms with van der Waals surface area (Å²) in [6, 6.07) is 8.68. The van der Waals surface area contributed by atoms with Crippen LogP contribution in [-0.4, -0.2) is 9.97 Å². The van der Waals surface area contributed by atoms with Gasteiger partial charge in [0.25, 0.3) is 5.56 Å². The average Bonchev–Trinajstić information content (AvgIpc) is 2.20. The van der Waals surface area contributed by atoms with E-state index in [0.717, 1.165) is 0 Å². The first kappa shape index (κ1) is 10.7. The van der Waals surface area contributed by atoms with Crippen molar-refractivity contribution in [2.24, 2.45) is 0 Å². The van der Waals surface area contributed by atoms with Gasteiger partial charge in [0.1, 0.15) is 0 Å². The van der Waals surface area contributed by atoms with Crippen molar-refractivity contribution in [3.63, 3.8) is 0 Å². The second-order valence-corrected chi connectivity index (χ2v) is 3.75. The predicted molar refractivity (Wildman–Crippen MR) is 64.3 cm³/mol. The van der Waals surface area contributed by atoms with Crippen molar-refractivity contribution >= 4 is 23.2 Å². The van der Waals surface area contributed by atoms with Crippen molar-refractivity contribution in [2.45, 2.75) is 6.92 Å². The lowest BCUT2D eigenvalue weighted by Crippen LogP contribution is -2.10. The first-order chi connectivity index (χ1) is 7.65. The second kappa shape index (κ2) is 4.37. The Morgan fingerprint density at radius 2 is 2.12 bits per heavy atom. The largest absolute Gasteiger partial charge is 0.324 e. The van der Waals surface area contributed by atoms with Crippen molar-refractivity contribution in [3.8, 4) is 0 Å². The maximum Gasteiger partial charge on any atom is 0.252 e. The zero-order valence-electron chi connectivity index (χ0n) is 8.62. The molecule has 1 aromatic carbocycles. The summed E-state index contributed by atoms with van der Waals surface area (Å²) in [6.45, 7) is 1.76. The first-order valence-electron chi connectivity index (χ1n) is 4.75. The Kier molecular flexibility index (Phi) is 2.92. The van der Waals surface area contributed by atoms with E-state index in [2.05, 4.69) is 15.3 Å². The Bertz CT molecular complexity index is 565. The van der Waals surface area contributed by atoms with E-state index in [4.69, 9.17) is 11.6 Å². The standard InChI is InChI=1S/C11H10ClN3O/c1-7-6-10(16)15-11(13-7)14-9-5-3-2-4-8(9)12/h2-6H,1H3,(H2,13,14,15,16). The molecule has 0 radical (unpaired) electrons. The van der Waals surface area contributed by atoms with Gasteiger partial charge in [-0.2, -0.15) is 0 Å². The number of nitrogens with zero attached hydrogens (tertiary/aromatic N) is 1. The smallest absolute Gasteiger partial charge is 0.252 e. The van der Waals surface area contributed by atoms with E-state index in [1.807, 2.05) is 18.2 Å². The summed E-state index contributed by atoms with van der Waals surface area (Å²) in [5.41, 5.74) is 1.17. The van der Waals surface area contributed by atoms with E-state index >= 15 is 0 Å². The minimum absolute atomic E-state index is 0.193. The summed E-state index contributed by atoms with van der Waals surface area (Å²) < 4.78 is 0. The molecule has 0 aliphatic carbocycles. The molecule has 1 aromatic heterocycles. The predicted octanol–water partition coefficient (Wildman–Crippen LogP) is 2.48. The normalized spacial score (nSPS) is 10.1. The summed E-state index contributed by atoms with van der Waals surface area (Å²) in [5.74, 6) is 0.387. The van der Waals surface area contributed by atoms with Gasteiger partial charge in [0.2, 0.25) is 5.95 Å². The Morgan fingerprint density at radius 1 is 1.38 bits per heavy atom. The molecule has 0 saturated heterocycles. The van der Waals surface area contributed by atoms with E-state index in [0.29, 0.717) is 22.4 Å². The van der Waals surface area contributed by atoms with Gasteiger partial charge in [-0.25, -0.2) is 4.98 Å². The molecule has 2 N–H and O–H groups in total. The van der Waals surface area contributed by atoms with Crippen molar-refractivity contribution in [3.05, 3.63) is 51.4 Å². The van der Waals surface area contributed by atoms with Gasteiger partial charge in [-0.05, 0) is 19.1 Å². The van der Waals surface area contributed by atoms with Gasteiger partial charge in [0.15, 0.2) is 0 Å². The number of halogens is 1. The minimum atomic E-state index is -0.193. The Balaban J connectivity index is 2.34. The Morgan fingerprint density at radius 3 is 2.81 bits per heavy atom. The molecule has 5 heteroatoms. The number of aromatic amines is 1. The molecule has 0 fully saturated rings. The quantitative estimate of drug-likeness (QED) is 0.841. The third kappa shape index (κ3) is 2.41. The molecular formula is C11H10ClN3O. The Labute approximate surface area is 97.3 Å². The molecule has 2 rings (SSSR count). The highest BCUT2D eigenvalue weighted by Crippen LogP contribution is 2.22. The van der Waals surface area contributed by atoms with Crippen LogP contribution >= 0.6 is 11.6 Å². The number of benzene rings is 1. The number of hydrogen-bond donors (Lipinski definition) is 2. The third-order valence-corrected chi connectivity index (χ3v) is 2.33. The van der Waals surface area contributed by atoms with E-state index in [1.54, 1.807) is 13.0 Å². The second-order valence-electron chi connectivity index (χ2n) is 3.34. The number of rotatable bonds is 2. The van der Waals surface area contributed by atoms with Crippen LogP contribution < -0.4 is 10.9 Å². The van der Waals surface area contributed by atoms with Crippen LogP contribution in [0.15, 0.2) is 35.1 Å². The van der Waals surface area contributed by atoms with Gasteiger partial charge in [-0.15, -0.1) is 0 Å². The van der Waals surface area contributed by atoms with Crippen LogP contribution in [0.4, 0.5) is 11.6 Å². The fourth-order valence-electron chi connectivity index (χ4n) is 1.33. The highest BCUT2D eigenvalue weighted by molar-refractivity contribution is 6.33. The molecule has 0 spiro atoms. The van der Waals surface area contributed by atoms with Crippen LogP contribution in [0, 0.1) is 6.92 Å². The van der Waals surface area contributed by atoms with Crippen LogP contribution in [0.5, 0.6) is 0 Å². The lowest BCUT2D eigenvalue weighted by Gasteiger charge is -2.06. The number of aryl methyl sites for hydroxylation is 1. The molecule has 0 aliphatic heterocycles. The average molecular weight is 236 g/mol. The fourth-order valence-corrected chi connectivity index (χ4v) is 1.51. The van der Waals surface area contributed by atoms with Crippen molar-refractivity contribution in [2.75, 3.05) is 5.32 Å². The molecule has 0 aliphatic rings. The molecule has 4 nitrogen and oxygen atoms in total. The zero-order chi connectivity index (χ0) is 11.5. The highest BCUT2D eigenvalue weighted by Gasteiger charge is 2.01. The number of H-pyrrole nitrogens is 1. The van der Waals surface area contributed by atoms with Crippen LogP contribution in [0.25, 0.3) is 0 Å². The SMILES string of the molecule is Cc1cc(=O)[nH]c(Nc2ccccc2Cl)n1. The van der Waals surface area contributed by atoms with Crippen LogP contribution in [0.3, 0.4) is 0 Å². The molecule has 1 heterocycles. The van der Waals surface area contributed by atoms with E-state index < -0.39 is 0 Å². The van der Waals surface area contributed by atoms with Gasteiger partial charge >= 0.3 is 0 Å². The lowest BCUT2D eigenvalue weighted by molar-refractivity contribution is 1.07. The van der Waals surface area contributed by atoms with Crippen molar-refractivity contribution < 1.29 is 0 Å². The summed E-state index contributed by atoms with van der Waals surface area (Å²) in [7, 11) is 0. The molecule has 0 unspecified atom stereocenters. The molecule has 2 aromatic rings. The molecule has 82 valence electrons. The van der Waals surface area contributed by atoms with Gasteiger partial charge in [-0.1, -0.05) is 23.7 Å². The first-order valence-corrected chi connectivity index (χ1v) is 5.12. The zero-order valence-corrected chi connectivity index (χ0v) is 9.38. The Hall–Kier alpha value is -1.81. The van der Waals surface area contributed by atoms with Crippen molar-refractivity contribution in [1.82, 2.24) is 9.97 Å². The number of para-hydroxylation sites is 1.